The predicted octanol–water partition coefficient (Wildman–Crippen LogP) is -1.34. The van der Waals surface area contributed by atoms with Gasteiger partial charge in [0, 0.05) is 0 Å². The third kappa shape index (κ3) is 3.31. The van der Waals surface area contributed by atoms with Gasteiger partial charge in [-0.15, -0.1) is 0 Å². The Bertz CT molecular complexity index is 219. The molecule has 2 unspecified atom stereocenters. The Hall–Kier alpha value is -1.14. The summed E-state index contributed by atoms with van der Waals surface area (Å²) in [5.41, 5.74) is 10.2. The number of hydrogen-bond acceptors (Lipinski definition) is 4. The summed E-state index contributed by atoms with van der Waals surface area (Å²) in [6.45, 7) is 1.80. The van der Waals surface area contributed by atoms with E-state index in [9.17, 15) is 14.7 Å². The van der Waals surface area contributed by atoms with Gasteiger partial charge in [-0.25, -0.2) is 0 Å². The molecule has 6 nitrogen and oxygen atoms in total. The van der Waals surface area contributed by atoms with Gasteiger partial charge in [-0.2, -0.15) is 0 Å². The van der Waals surface area contributed by atoms with E-state index in [2.05, 4.69) is 0 Å². The topological polar surface area (TPSA) is 127 Å². The molecule has 0 saturated heterocycles. The van der Waals surface area contributed by atoms with Gasteiger partial charge < -0.3 is 21.7 Å². The first-order chi connectivity index (χ1) is 6.41. The zero-order valence-corrected chi connectivity index (χ0v) is 8.01. The molecule has 0 rings (SSSR count). The number of carbonyl (C=O) groups excluding carboxylic acids is 1. The van der Waals surface area contributed by atoms with E-state index in [0.717, 1.165) is 0 Å². The van der Waals surface area contributed by atoms with Crippen molar-refractivity contribution in [1.29, 1.82) is 0 Å². The molecule has 0 heterocycles. The number of carboxylic acids is 1. The van der Waals surface area contributed by atoms with Crippen LogP contribution in [0.5, 0.6) is 0 Å². The predicted molar refractivity (Wildman–Crippen MR) is 49.2 cm³/mol. The molecule has 0 aliphatic rings. The third-order valence-electron chi connectivity index (χ3n) is 2.00. The average Bonchev–Trinajstić information content (AvgIpc) is 2.03. The monoisotopic (exact) mass is 204 g/mol. The third-order valence-corrected chi connectivity index (χ3v) is 2.00. The number of aliphatic hydroxyl groups is 1. The Labute approximate surface area is 81.9 Å². The van der Waals surface area contributed by atoms with Crippen molar-refractivity contribution in [3.8, 4) is 0 Å². The van der Waals surface area contributed by atoms with Crippen molar-refractivity contribution in [2.45, 2.75) is 31.9 Å². The normalized spacial score (nSPS) is 17.1. The number of hydrogen-bond donors (Lipinski definition) is 4. The number of nitrogens with two attached hydrogens (primary N) is 2. The molecule has 0 fully saturated rings. The quantitative estimate of drug-likeness (QED) is 0.426. The highest BCUT2D eigenvalue weighted by Gasteiger charge is 2.34. The Balaban J connectivity index is 4.58. The molecule has 0 saturated carbocycles. The van der Waals surface area contributed by atoms with Crippen molar-refractivity contribution < 1.29 is 19.8 Å². The summed E-state index contributed by atoms with van der Waals surface area (Å²) in [6, 6.07) is -1.45. The molecule has 0 aromatic rings. The molecule has 0 aliphatic carbocycles. The number of rotatable bonds is 6. The molecule has 0 radical (unpaired) electrons. The molecule has 6 N–H and O–H groups in total. The number of aliphatic carboxylic acids is 1. The van der Waals surface area contributed by atoms with Crippen LogP contribution in [0.2, 0.25) is 0 Å². The first-order valence-electron chi connectivity index (χ1n) is 4.37. The van der Waals surface area contributed by atoms with E-state index in [1.165, 1.54) is 0 Å². The van der Waals surface area contributed by atoms with Gasteiger partial charge in [0.2, 0.25) is 5.91 Å². The maximum Gasteiger partial charge on any atom is 0.321 e. The van der Waals surface area contributed by atoms with E-state index >= 15 is 0 Å². The standard InChI is InChI=1S/C8H16N2O4/c1-2-3-4(11)5(7(10)12)6(9)8(13)14/h4-6,11H,2-3,9H2,1H3,(H2,10,12)(H,13,14)/t4?,5?,6-/m0/s1. The highest BCUT2D eigenvalue weighted by Crippen LogP contribution is 2.12. The first kappa shape index (κ1) is 12.9. The molecule has 1 amide bonds. The molecule has 0 spiro atoms. The lowest BCUT2D eigenvalue weighted by atomic mass is 9.91. The summed E-state index contributed by atoms with van der Waals surface area (Å²) in [5.74, 6) is -3.46. The molecule has 0 aliphatic heterocycles. The van der Waals surface area contributed by atoms with E-state index in [1.807, 2.05) is 0 Å². The first-order valence-corrected chi connectivity index (χ1v) is 4.37. The average molecular weight is 204 g/mol. The van der Waals surface area contributed by atoms with Crippen LogP contribution in [-0.4, -0.2) is 34.2 Å². The number of aliphatic hydroxyl groups excluding tert-OH is 1. The van der Waals surface area contributed by atoms with Gasteiger partial charge in [-0.3, -0.25) is 9.59 Å². The summed E-state index contributed by atoms with van der Waals surface area (Å²) in [6.07, 6.45) is -0.171. The Morgan fingerprint density at radius 3 is 2.21 bits per heavy atom. The van der Waals surface area contributed by atoms with Crippen LogP contribution in [-0.2, 0) is 9.59 Å². The van der Waals surface area contributed by atoms with E-state index in [1.54, 1.807) is 6.92 Å². The fraction of sp³-hybridized carbons (Fsp3) is 0.750. The van der Waals surface area contributed by atoms with Crippen molar-refractivity contribution in [3.05, 3.63) is 0 Å². The van der Waals surface area contributed by atoms with Crippen LogP contribution in [0.15, 0.2) is 0 Å². The van der Waals surface area contributed by atoms with Crippen LogP contribution in [0.1, 0.15) is 19.8 Å². The second-order valence-corrected chi connectivity index (χ2v) is 3.15. The van der Waals surface area contributed by atoms with Crippen LogP contribution in [0.4, 0.5) is 0 Å². The van der Waals surface area contributed by atoms with Crippen molar-refractivity contribution in [2.75, 3.05) is 0 Å². The van der Waals surface area contributed by atoms with Crippen LogP contribution in [0.25, 0.3) is 0 Å². The molecule has 0 aromatic carbocycles. The van der Waals surface area contributed by atoms with Crippen LogP contribution >= 0.6 is 0 Å². The number of carbonyl (C=O) groups is 2. The van der Waals surface area contributed by atoms with Crippen molar-refractivity contribution >= 4 is 11.9 Å². The van der Waals surface area contributed by atoms with Gasteiger partial charge >= 0.3 is 5.97 Å². The zero-order chi connectivity index (χ0) is 11.3. The molecule has 14 heavy (non-hydrogen) atoms. The highest BCUT2D eigenvalue weighted by atomic mass is 16.4. The second-order valence-electron chi connectivity index (χ2n) is 3.15. The van der Waals surface area contributed by atoms with Crippen molar-refractivity contribution in [3.63, 3.8) is 0 Å². The Morgan fingerprint density at radius 2 is 1.93 bits per heavy atom. The Morgan fingerprint density at radius 1 is 1.43 bits per heavy atom. The van der Waals surface area contributed by atoms with Gasteiger partial charge in [0.1, 0.15) is 6.04 Å². The lowest BCUT2D eigenvalue weighted by Gasteiger charge is -2.22. The molecule has 6 heteroatoms. The van der Waals surface area contributed by atoms with Crippen molar-refractivity contribution in [2.24, 2.45) is 17.4 Å². The Kier molecular flexibility index (Phi) is 5.11. The minimum Gasteiger partial charge on any atom is -0.480 e. The van der Waals surface area contributed by atoms with Crippen molar-refractivity contribution in [1.82, 2.24) is 0 Å². The van der Waals surface area contributed by atoms with E-state index in [4.69, 9.17) is 16.6 Å². The SMILES string of the molecule is CCCC(O)C(C(N)=O)[C@H](N)C(=O)O. The van der Waals surface area contributed by atoms with E-state index in [-0.39, 0.29) is 0 Å². The minimum absolute atomic E-state index is 0.300. The molecule has 0 aromatic heterocycles. The van der Waals surface area contributed by atoms with Crippen LogP contribution < -0.4 is 11.5 Å². The fourth-order valence-corrected chi connectivity index (χ4v) is 1.23. The fourth-order valence-electron chi connectivity index (χ4n) is 1.23. The molecular formula is C8H16N2O4. The number of amides is 1. The molecular weight excluding hydrogens is 188 g/mol. The van der Waals surface area contributed by atoms with Gasteiger partial charge in [-0.1, -0.05) is 13.3 Å². The summed E-state index contributed by atoms with van der Waals surface area (Å²) in [7, 11) is 0. The zero-order valence-electron chi connectivity index (χ0n) is 8.01. The minimum atomic E-state index is -1.45. The van der Waals surface area contributed by atoms with Gasteiger partial charge in [0.15, 0.2) is 0 Å². The van der Waals surface area contributed by atoms with Gasteiger partial charge in [-0.05, 0) is 6.42 Å². The lowest BCUT2D eigenvalue weighted by molar-refractivity contribution is -0.145. The smallest absolute Gasteiger partial charge is 0.321 e. The molecule has 3 atom stereocenters. The molecule has 82 valence electrons. The number of primary amides is 1. The number of carboxylic acid groups (broad SMARTS) is 1. The van der Waals surface area contributed by atoms with E-state index < -0.39 is 29.9 Å². The van der Waals surface area contributed by atoms with Crippen LogP contribution in [0, 0.1) is 5.92 Å². The van der Waals surface area contributed by atoms with Crippen LogP contribution in [0.3, 0.4) is 0 Å². The highest BCUT2D eigenvalue weighted by molar-refractivity contribution is 5.85. The molecule has 0 bridgehead atoms. The summed E-state index contributed by atoms with van der Waals surface area (Å²) in [5, 5.41) is 18.0. The summed E-state index contributed by atoms with van der Waals surface area (Å²) >= 11 is 0. The van der Waals surface area contributed by atoms with Gasteiger partial charge in [0.25, 0.3) is 0 Å². The largest absolute Gasteiger partial charge is 0.480 e. The lowest BCUT2D eigenvalue weighted by Crippen LogP contribution is -2.50. The summed E-state index contributed by atoms with van der Waals surface area (Å²) in [4.78, 5) is 21.4. The summed E-state index contributed by atoms with van der Waals surface area (Å²) < 4.78 is 0. The van der Waals surface area contributed by atoms with Gasteiger partial charge in [0.05, 0.1) is 12.0 Å². The second kappa shape index (κ2) is 5.56. The van der Waals surface area contributed by atoms with E-state index in [0.29, 0.717) is 12.8 Å². The maximum absolute atomic E-state index is 10.9. The maximum atomic E-state index is 10.9.